The molecule has 0 saturated carbocycles. The van der Waals surface area contributed by atoms with Crippen molar-refractivity contribution in [3.63, 3.8) is 0 Å². The first-order chi connectivity index (χ1) is 8.15. The molecule has 0 atom stereocenters. The zero-order valence-corrected chi connectivity index (χ0v) is 10.8. The Labute approximate surface area is 104 Å². The quantitative estimate of drug-likeness (QED) is 0.846. The van der Waals surface area contributed by atoms with E-state index in [1.807, 2.05) is 6.07 Å². The summed E-state index contributed by atoms with van der Waals surface area (Å²) in [7, 11) is 2.17. The SMILES string of the molecule is Cc1ccc(O)c(CN2CCCN(C)CC2)c1. The Bertz CT molecular complexity index is 378. The molecule has 1 saturated heterocycles. The van der Waals surface area contributed by atoms with Crippen molar-refractivity contribution in [1.82, 2.24) is 9.80 Å². The Morgan fingerprint density at radius 2 is 2.00 bits per heavy atom. The molecular weight excluding hydrogens is 212 g/mol. The summed E-state index contributed by atoms with van der Waals surface area (Å²) in [6.07, 6.45) is 1.21. The Balaban J connectivity index is 2.02. The van der Waals surface area contributed by atoms with Crippen LogP contribution in [0.3, 0.4) is 0 Å². The molecule has 3 nitrogen and oxygen atoms in total. The van der Waals surface area contributed by atoms with Gasteiger partial charge in [0.1, 0.15) is 5.75 Å². The standard InChI is InChI=1S/C14H22N2O/c1-12-4-5-14(17)13(10-12)11-16-7-3-6-15(2)8-9-16/h4-5,10,17H,3,6-9,11H2,1-2H3. The fourth-order valence-electron chi connectivity index (χ4n) is 2.34. The highest BCUT2D eigenvalue weighted by Gasteiger charge is 2.13. The van der Waals surface area contributed by atoms with Crippen LogP contribution in [0, 0.1) is 6.92 Å². The molecule has 0 bridgehead atoms. The van der Waals surface area contributed by atoms with Crippen molar-refractivity contribution >= 4 is 0 Å². The first kappa shape index (κ1) is 12.4. The van der Waals surface area contributed by atoms with Gasteiger partial charge >= 0.3 is 0 Å². The van der Waals surface area contributed by atoms with Gasteiger partial charge in [0.05, 0.1) is 0 Å². The lowest BCUT2D eigenvalue weighted by molar-refractivity contribution is 0.266. The molecule has 1 aromatic carbocycles. The molecule has 1 N–H and O–H groups in total. The molecule has 1 heterocycles. The van der Waals surface area contributed by atoms with Crippen molar-refractivity contribution < 1.29 is 5.11 Å². The average Bonchev–Trinajstić information content (AvgIpc) is 2.49. The minimum Gasteiger partial charge on any atom is -0.508 e. The molecule has 3 heteroatoms. The number of phenolic OH excluding ortho intramolecular Hbond substituents is 1. The van der Waals surface area contributed by atoms with Crippen LogP contribution < -0.4 is 0 Å². The fraction of sp³-hybridized carbons (Fsp3) is 0.571. The van der Waals surface area contributed by atoms with E-state index in [4.69, 9.17) is 0 Å². The van der Waals surface area contributed by atoms with Crippen LogP contribution in [0.2, 0.25) is 0 Å². The summed E-state index contributed by atoms with van der Waals surface area (Å²) in [5.41, 5.74) is 2.26. The van der Waals surface area contributed by atoms with Crippen molar-refractivity contribution in [2.45, 2.75) is 19.9 Å². The van der Waals surface area contributed by atoms with E-state index >= 15 is 0 Å². The van der Waals surface area contributed by atoms with E-state index < -0.39 is 0 Å². The molecule has 0 unspecified atom stereocenters. The number of rotatable bonds is 2. The minimum atomic E-state index is 0.424. The first-order valence-electron chi connectivity index (χ1n) is 6.34. The van der Waals surface area contributed by atoms with Gasteiger partial charge in [0.15, 0.2) is 0 Å². The Morgan fingerprint density at radius 1 is 1.18 bits per heavy atom. The molecule has 0 spiro atoms. The van der Waals surface area contributed by atoms with E-state index in [1.165, 1.54) is 18.5 Å². The van der Waals surface area contributed by atoms with E-state index in [2.05, 4.69) is 29.8 Å². The van der Waals surface area contributed by atoms with Gasteiger partial charge in [-0.1, -0.05) is 17.7 Å². The lowest BCUT2D eigenvalue weighted by atomic mass is 10.1. The normalized spacial score (nSPS) is 19.2. The summed E-state index contributed by atoms with van der Waals surface area (Å²) in [5.74, 6) is 0.424. The maximum Gasteiger partial charge on any atom is 0.120 e. The zero-order valence-electron chi connectivity index (χ0n) is 10.8. The van der Waals surface area contributed by atoms with Crippen LogP contribution in [0.1, 0.15) is 17.5 Å². The van der Waals surface area contributed by atoms with Crippen LogP contribution >= 0.6 is 0 Å². The van der Waals surface area contributed by atoms with Crippen molar-refractivity contribution in [3.05, 3.63) is 29.3 Å². The van der Waals surface area contributed by atoms with Crippen LogP contribution in [0.4, 0.5) is 0 Å². The molecule has 1 fully saturated rings. The molecular formula is C14H22N2O. The van der Waals surface area contributed by atoms with Gasteiger partial charge in [-0.25, -0.2) is 0 Å². The van der Waals surface area contributed by atoms with Crippen molar-refractivity contribution in [2.75, 3.05) is 33.2 Å². The number of hydrogen-bond donors (Lipinski definition) is 1. The third-order valence-corrected chi connectivity index (χ3v) is 3.44. The summed E-state index contributed by atoms with van der Waals surface area (Å²) in [6, 6.07) is 5.84. The van der Waals surface area contributed by atoms with Crippen LogP contribution in [0.5, 0.6) is 5.75 Å². The Hall–Kier alpha value is -1.06. The van der Waals surface area contributed by atoms with Gasteiger partial charge in [0.2, 0.25) is 0 Å². The molecule has 0 aliphatic carbocycles. The van der Waals surface area contributed by atoms with E-state index in [-0.39, 0.29) is 0 Å². The summed E-state index contributed by atoms with van der Waals surface area (Å²) in [6.45, 7) is 7.44. The molecule has 1 aliphatic rings. The van der Waals surface area contributed by atoms with Gasteiger partial charge in [0, 0.05) is 25.2 Å². The number of hydrogen-bond acceptors (Lipinski definition) is 3. The lowest BCUT2D eigenvalue weighted by Crippen LogP contribution is -2.28. The number of aryl methyl sites for hydroxylation is 1. The van der Waals surface area contributed by atoms with Gasteiger partial charge in [-0.05, 0) is 39.5 Å². The van der Waals surface area contributed by atoms with Crippen molar-refractivity contribution in [3.8, 4) is 5.75 Å². The summed E-state index contributed by atoms with van der Waals surface area (Å²) < 4.78 is 0. The van der Waals surface area contributed by atoms with Gasteiger partial charge < -0.3 is 10.0 Å². The van der Waals surface area contributed by atoms with Crippen LogP contribution in [0.25, 0.3) is 0 Å². The van der Waals surface area contributed by atoms with E-state index in [0.29, 0.717) is 5.75 Å². The van der Waals surface area contributed by atoms with Crippen molar-refractivity contribution in [1.29, 1.82) is 0 Å². The summed E-state index contributed by atoms with van der Waals surface area (Å²) in [5, 5.41) is 9.85. The molecule has 94 valence electrons. The van der Waals surface area contributed by atoms with Gasteiger partial charge in [-0.3, -0.25) is 4.90 Å². The number of aromatic hydroxyl groups is 1. The molecule has 0 amide bonds. The number of nitrogens with zero attached hydrogens (tertiary/aromatic N) is 2. The maximum atomic E-state index is 9.85. The van der Waals surface area contributed by atoms with Crippen LogP contribution in [-0.2, 0) is 6.54 Å². The second-order valence-corrected chi connectivity index (χ2v) is 5.07. The molecule has 0 aromatic heterocycles. The fourth-order valence-corrected chi connectivity index (χ4v) is 2.34. The number of likely N-dealkylation sites (N-methyl/N-ethyl adjacent to an activating group) is 1. The lowest BCUT2D eigenvalue weighted by Gasteiger charge is -2.20. The molecule has 0 radical (unpaired) electrons. The van der Waals surface area contributed by atoms with Crippen LogP contribution in [0.15, 0.2) is 18.2 Å². The predicted molar refractivity (Wildman–Crippen MR) is 70.2 cm³/mol. The topological polar surface area (TPSA) is 26.7 Å². The number of benzene rings is 1. The van der Waals surface area contributed by atoms with Gasteiger partial charge in [0.25, 0.3) is 0 Å². The molecule has 2 rings (SSSR count). The largest absolute Gasteiger partial charge is 0.508 e. The molecule has 1 aliphatic heterocycles. The highest BCUT2D eigenvalue weighted by atomic mass is 16.3. The summed E-state index contributed by atoms with van der Waals surface area (Å²) >= 11 is 0. The second-order valence-electron chi connectivity index (χ2n) is 5.07. The predicted octanol–water partition coefficient (Wildman–Crippen LogP) is 1.84. The third kappa shape index (κ3) is 3.45. The number of phenols is 1. The van der Waals surface area contributed by atoms with Crippen LogP contribution in [-0.4, -0.2) is 48.1 Å². The van der Waals surface area contributed by atoms with E-state index in [0.717, 1.165) is 31.7 Å². The molecule has 1 aromatic rings. The molecule has 17 heavy (non-hydrogen) atoms. The van der Waals surface area contributed by atoms with Gasteiger partial charge in [-0.2, -0.15) is 0 Å². The van der Waals surface area contributed by atoms with Crippen molar-refractivity contribution in [2.24, 2.45) is 0 Å². The maximum absolute atomic E-state index is 9.85. The highest BCUT2D eigenvalue weighted by Crippen LogP contribution is 2.20. The van der Waals surface area contributed by atoms with E-state index in [9.17, 15) is 5.11 Å². The Morgan fingerprint density at radius 3 is 2.82 bits per heavy atom. The second kappa shape index (κ2) is 5.52. The Kier molecular flexibility index (Phi) is 4.02. The monoisotopic (exact) mass is 234 g/mol. The third-order valence-electron chi connectivity index (χ3n) is 3.44. The van der Waals surface area contributed by atoms with Gasteiger partial charge in [-0.15, -0.1) is 0 Å². The summed E-state index contributed by atoms with van der Waals surface area (Å²) in [4.78, 5) is 4.80. The zero-order chi connectivity index (χ0) is 12.3. The minimum absolute atomic E-state index is 0.424. The van der Waals surface area contributed by atoms with E-state index in [1.54, 1.807) is 6.07 Å². The highest BCUT2D eigenvalue weighted by molar-refractivity contribution is 5.35. The first-order valence-corrected chi connectivity index (χ1v) is 6.34. The smallest absolute Gasteiger partial charge is 0.120 e. The average molecular weight is 234 g/mol.